The van der Waals surface area contributed by atoms with Crippen LogP contribution in [0.25, 0.3) is 0 Å². The van der Waals surface area contributed by atoms with Gasteiger partial charge >= 0.3 is 0 Å². The van der Waals surface area contributed by atoms with E-state index < -0.39 is 11.1 Å². The summed E-state index contributed by atoms with van der Waals surface area (Å²) < 4.78 is 18.5. The highest BCUT2D eigenvalue weighted by atomic mass is 32.2. The average molecular weight is 145 g/mol. The molecule has 0 spiro atoms. The van der Waals surface area contributed by atoms with Crippen LogP contribution < -0.4 is 0 Å². The molecule has 1 aromatic heterocycles. The summed E-state index contributed by atoms with van der Waals surface area (Å²) in [5.74, 6) is 0.212. The minimum Gasteiger partial charge on any atom is -0.367 e. The van der Waals surface area contributed by atoms with Gasteiger partial charge in [0, 0.05) is 12.4 Å². The first-order valence-corrected chi connectivity index (χ1v) is 3.76. The average Bonchev–Trinajstić information content (AvgIpc) is 2.15. The molecule has 0 amide bonds. The molecule has 1 aromatic rings. The lowest BCUT2D eigenvalue weighted by atomic mass is 10.4. The number of H-pyrrole nitrogens is 1. The zero-order valence-electron chi connectivity index (χ0n) is 4.70. The number of nitrogens with one attached hydrogen (secondary N) is 1. The molecule has 2 N–H and O–H groups in total. The van der Waals surface area contributed by atoms with Gasteiger partial charge in [-0.2, -0.15) is 0 Å². The lowest BCUT2D eigenvalue weighted by molar-refractivity contribution is 0.563. The molecule has 0 saturated carbocycles. The van der Waals surface area contributed by atoms with Crippen LogP contribution in [0.4, 0.5) is 0 Å². The minimum absolute atomic E-state index is 0.212. The molecule has 0 aliphatic heterocycles. The highest BCUT2D eigenvalue weighted by Crippen LogP contribution is 1.98. The quantitative estimate of drug-likeness (QED) is 0.603. The van der Waals surface area contributed by atoms with E-state index in [0.717, 1.165) is 5.56 Å². The fourth-order valence-electron chi connectivity index (χ4n) is 0.591. The Morgan fingerprint density at radius 1 is 1.78 bits per heavy atom. The van der Waals surface area contributed by atoms with Gasteiger partial charge in [-0.25, -0.2) is 4.21 Å². The molecule has 4 heteroatoms. The van der Waals surface area contributed by atoms with Gasteiger partial charge in [0.2, 0.25) is 0 Å². The van der Waals surface area contributed by atoms with Crippen LogP contribution in [-0.4, -0.2) is 13.7 Å². The topological polar surface area (TPSA) is 53.1 Å². The first-order valence-electron chi connectivity index (χ1n) is 2.48. The normalized spacial score (nSPS) is 13.4. The standard InChI is InChI=1S/C5H7NO2S/c7-9(8)4-5-1-2-6-3-5/h1-3,6H,4H2,(H,7,8). The highest BCUT2D eigenvalue weighted by Gasteiger charge is 1.95. The molecule has 1 heterocycles. The van der Waals surface area contributed by atoms with Crippen LogP contribution in [0.5, 0.6) is 0 Å². The van der Waals surface area contributed by atoms with Crippen molar-refractivity contribution in [2.24, 2.45) is 0 Å². The Morgan fingerprint density at radius 2 is 2.56 bits per heavy atom. The van der Waals surface area contributed by atoms with E-state index in [1.807, 2.05) is 0 Å². The molecule has 0 aromatic carbocycles. The van der Waals surface area contributed by atoms with Crippen molar-refractivity contribution in [1.29, 1.82) is 0 Å². The molecule has 0 fully saturated rings. The molecule has 9 heavy (non-hydrogen) atoms. The first kappa shape index (κ1) is 6.51. The van der Waals surface area contributed by atoms with Crippen LogP contribution in [-0.2, 0) is 16.8 Å². The zero-order chi connectivity index (χ0) is 6.69. The van der Waals surface area contributed by atoms with Crippen molar-refractivity contribution in [3.63, 3.8) is 0 Å². The summed E-state index contributed by atoms with van der Waals surface area (Å²) in [5, 5.41) is 0. The molecule has 0 bridgehead atoms. The van der Waals surface area contributed by atoms with Crippen LogP contribution in [0, 0.1) is 0 Å². The van der Waals surface area contributed by atoms with E-state index in [4.69, 9.17) is 4.55 Å². The van der Waals surface area contributed by atoms with E-state index in [9.17, 15) is 4.21 Å². The Balaban J connectivity index is 2.58. The van der Waals surface area contributed by atoms with E-state index in [0.29, 0.717) is 0 Å². The Labute approximate surface area is 55.4 Å². The molecule has 1 atom stereocenters. The van der Waals surface area contributed by atoms with Crippen molar-refractivity contribution in [2.45, 2.75) is 5.75 Å². The first-order chi connectivity index (χ1) is 4.29. The zero-order valence-corrected chi connectivity index (χ0v) is 5.52. The maximum absolute atomic E-state index is 10.2. The van der Waals surface area contributed by atoms with Gasteiger partial charge in [0.15, 0.2) is 11.1 Å². The van der Waals surface area contributed by atoms with Gasteiger partial charge in [-0.05, 0) is 11.6 Å². The number of rotatable bonds is 2. The van der Waals surface area contributed by atoms with Crippen LogP contribution in [0.15, 0.2) is 18.5 Å². The van der Waals surface area contributed by atoms with Crippen molar-refractivity contribution in [2.75, 3.05) is 0 Å². The van der Waals surface area contributed by atoms with E-state index in [-0.39, 0.29) is 5.75 Å². The number of aromatic nitrogens is 1. The third kappa shape index (κ3) is 1.99. The fourth-order valence-corrected chi connectivity index (χ4v) is 1.06. The van der Waals surface area contributed by atoms with Crippen LogP contribution in [0.1, 0.15) is 5.56 Å². The maximum atomic E-state index is 10.2. The van der Waals surface area contributed by atoms with Crippen molar-refractivity contribution in [3.05, 3.63) is 24.0 Å². The van der Waals surface area contributed by atoms with Gasteiger partial charge in [0.25, 0.3) is 0 Å². The Kier molecular flexibility index (Phi) is 2.02. The molecule has 3 nitrogen and oxygen atoms in total. The van der Waals surface area contributed by atoms with Gasteiger partial charge < -0.3 is 9.54 Å². The monoisotopic (exact) mass is 145 g/mol. The van der Waals surface area contributed by atoms with Crippen molar-refractivity contribution < 1.29 is 8.76 Å². The highest BCUT2D eigenvalue weighted by molar-refractivity contribution is 7.78. The van der Waals surface area contributed by atoms with Crippen LogP contribution in [0.2, 0.25) is 0 Å². The van der Waals surface area contributed by atoms with E-state index in [1.54, 1.807) is 18.5 Å². The minimum atomic E-state index is -1.71. The fraction of sp³-hybridized carbons (Fsp3) is 0.200. The predicted octanol–water partition coefficient (Wildman–Crippen LogP) is 0.736. The lowest BCUT2D eigenvalue weighted by Crippen LogP contribution is -1.89. The summed E-state index contributed by atoms with van der Waals surface area (Å²) in [7, 11) is 0. The van der Waals surface area contributed by atoms with Gasteiger partial charge in [0.05, 0.1) is 5.75 Å². The molecule has 50 valence electrons. The Morgan fingerprint density at radius 3 is 3.00 bits per heavy atom. The van der Waals surface area contributed by atoms with Crippen molar-refractivity contribution in [3.8, 4) is 0 Å². The van der Waals surface area contributed by atoms with Crippen molar-refractivity contribution in [1.82, 2.24) is 4.98 Å². The molecule has 0 aliphatic carbocycles. The smallest absolute Gasteiger partial charge is 0.157 e. The lowest BCUT2D eigenvalue weighted by Gasteiger charge is -1.86. The third-order valence-corrected chi connectivity index (χ3v) is 1.53. The van der Waals surface area contributed by atoms with Gasteiger partial charge in [-0.15, -0.1) is 0 Å². The van der Waals surface area contributed by atoms with Gasteiger partial charge in [-0.1, -0.05) is 0 Å². The molecule has 0 saturated heterocycles. The maximum Gasteiger partial charge on any atom is 0.157 e. The summed E-state index contributed by atoms with van der Waals surface area (Å²) in [6.45, 7) is 0. The van der Waals surface area contributed by atoms with Crippen molar-refractivity contribution >= 4 is 11.1 Å². The number of hydrogen-bond donors (Lipinski definition) is 2. The van der Waals surface area contributed by atoms with Crippen LogP contribution in [0.3, 0.4) is 0 Å². The summed E-state index contributed by atoms with van der Waals surface area (Å²) in [6.07, 6.45) is 3.43. The second-order valence-electron chi connectivity index (χ2n) is 1.69. The Bertz CT molecular complexity index is 195. The summed E-state index contributed by atoms with van der Waals surface area (Å²) >= 11 is -1.71. The largest absolute Gasteiger partial charge is 0.367 e. The molecule has 1 unspecified atom stereocenters. The van der Waals surface area contributed by atoms with E-state index in [2.05, 4.69) is 4.98 Å². The summed E-state index contributed by atoms with van der Waals surface area (Å²) in [6, 6.07) is 1.77. The summed E-state index contributed by atoms with van der Waals surface area (Å²) in [5.41, 5.74) is 0.857. The van der Waals surface area contributed by atoms with Gasteiger partial charge in [-0.3, -0.25) is 0 Å². The van der Waals surface area contributed by atoms with Crippen LogP contribution >= 0.6 is 0 Å². The molecule has 0 aliphatic rings. The molecule has 0 radical (unpaired) electrons. The van der Waals surface area contributed by atoms with E-state index in [1.165, 1.54) is 0 Å². The molecular weight excluding hydrogens is 138 g/mol. The predicted molar refractivity (Wildman–Crippen MR) is 35.3 cm³/mol. The summed E-state index contributed by atoms with van der Waals surface area (Å²) in [4.78, 5) is 2.79. The molecule has 1 rings (SSSR count). The number of aromatic amines is 1. The second-order valence-corrected chi connectivity index (χ2v) is 2.62. The van der Waals surface area contributed by atoms with E-state index >= 15 is 0 Å². The Hall–Kier alpha value is -0.610. The molecular formula is C5H7NO2S. The number of hydrogen-bond acceptors (Lipinski definition) is 1. The second kappa shape index (κ2) is 2.80. The SMILES string of the molecule is O=S(O)Cc1cc[nH]c1. The van der Waals surface area contributed by atoms with Gasteiger partial charge in [0.1, 0.15) is 0 Å². The third-order valence-electron chi connectivity index (χ3n) is 0.953.